The zero-order valence-corrected chi connectivity index (χ0v) is 13.6. The number of hydrogen-bond donors (Lipinski definition) is 0. The number of aryl methyl sites for hydroxylation is 2. The van der Waals surface area contributed by atoms with Crippen LogP contribution in [0.4, 0.5) is 4.39 Å². The van der Waals surface area contributed by atoms with E-state index >= 15 is 0 Å². The van der Waals surface area contributed by atoms with Gasteiger partial charge in [0.15, 0.2) is 0 Å². The van der Waals surface area contributed by atoms with Crippen molar-refractivity contribution in [1.82, 2.24) is 0 Å². The molecular formula is C15H12BrCl2F. The Balaban J connectivity index is 2.52. The van der Waals surface area contributed by atoms with Gasteiger partial charge < -0.3 is 0 Å². The largest absolute Gasteiger partial charge is 0.207 e. The first kappa shape index (κ1) is 14.8. The maximum atomic E-state index is 13.9. The van der Waals surface area contributed by atoms with Crippen molar-refractivity contribution in [2.45, 2.75) is 18.7 Å². The molecule has 0 saturated carbocycles. The standard InChI is InChI=1S/C15H12BrCl2F/c1-8-6-13(18)9(2)5-11(8)15(16)12-7-10(17)3-4-14(12)19/h3-7,15H,1-2H3. The summed E-state index contributed by atoms with van der Waals surface area (Å²) in [6.07, 6.45) is 0. The highest BCUT2D eigenvalue weighted by Gasteiger charge is 2.18. The molecule has 0 aromatic heterocycles. The molecule has 0 aliphatic heterocycles. The Labute approximate surface area is 130 Å². The van der Waals surface area contributed by atoms with Crippen molar-refractivity contribution in [3.63, 3.8) is 0 Å². The highest BCUT2D eigenvalue weighted by molar-refractivity contribution is 9.09. The summed E-state index contributed by atoms with van der Waals surface area (Å²) in [4.78, 5) is -0.248. The minimum Gasteiger partial charge on any atom is -0.207 e. The number of hydrogen-bond acceptors (Lipinski definition) is 0. The molecule has 2 aromatic carbocycles. The molecule has 100 valence electrons. The van der Waals surface area contributed by atoms with Crippen LogP contribution in [0.1, 0.15) is 27.1 Å². The van der Waals surface area contributed by atoms with Crippen LogP contribution in [0.15, 0.2) is 30.3 Å². The average molecular weight is 362 g/mol. The van der Waals surface area contributed by atoms with E-state index in [0.717, 1.165) is 16.7 Å². The predicted molar refractivity (Wildman–Crippen MR) is 83.1 cm³/mol. The molecule has 0 aliphatic carbocycles. The fourth-order valence-electron chi connectivity index (χ4n) is 1.95. The molecule has 0 nitrogen and oxygen atoms in total. The van der Waals surface area contributed by atoms with Gasteiger partial charge in [-0.1, -0.05) is 45.2 Å². The van der Waals surface area contributed by atoms with Gasteiger partial charge in [0.1, 0.15) is 5.82 Å². The van der Waals surface area contributed by atoms with Crippen LogP contribution in [0.3, 0.4) is 0 Å². The Morgan fingerprint density at radius 1 is 1.00 bits per heavy atom. The van der Waals surface area contributed by atoms with Crippen molar-refractivity contribution < 1.29 is 4.39 Å². The van der Waals surface area contributed by atoms with Crippen molar-refractivity contribution in [3.8, 4) is 0 Å². The lowest BCUT2D eigenvalue weighted by molar-refractivity contribution is 0.613. The Kier molecular flexibility index (Phi) is 4.54. The second kappa shape index (κ2) is 5.82. The number of benzene rings is 2. The molecule has 0 amide bonds. The van der Waals surface area contributed by atoms with Gasteiger partial charge in [0.2, 0.25) is 0 Å². The molecule has 0 spiro atoms. The van der Waals surface area contributed by atoms with Gasteiger partial charge in [-0.05, 0) is 54.8 Å². The van der Waals surface area contributed by atoms with Gasteiger partial charge in [0, 0.05) is 15.6 Å². The number of rotatable bonds is 2. The minimum absolute atomic E-state index is 0.248. The van der Waals surface area contributed by atoms with Crippen molar-refractivity contribution >= 4 is 39.1 Å². The van der Waals surface area contributed by atoms with Crippen LogP contribution in [-0.4, -0.2) is 0 Å². The van der Waals surface area contributed by atoms with E-state index in [1.807, 2.05) is 26.0 Å². The molecule has 0 fully saturated rings. The summed E-state index contributed by atoms with van der Waals surface area (Å²) < 4.78 is 13.9. The van der Waals surface area contributed by atoms with Gasteiger partial charge >= 0.3 is 0 Å². The molecule has 0 heterocycles. The number of alkyl halides is 1. The summed E-state index contributed by atoms with van der Waals surface area (Å²) in [5.74, 6) is -0.279. The van der Waals surface area contributed by atoms with E-state index in [0.29, 0.717) is 15.6 Å². The Morgan fingerprint density at radius 2 is 1.68 bits per heavy atom. The van der Waals surface area contributed by atoms with Crippen LogP contribution in [0, 0.1) is 19.7 Å². The van der Waals surface area contributed by atoms with Crippen molar-refractivity contribution in [1.29, 1.82) is 0 Å². The molecule has 0 bridgehead atoms. The summed E-state index contributed by atoms with van der Waals surface area (Å²) >= 11 is 15.6. The Bertz CT molecular complexity index is 626. The Hall–Kier alpha value is -0.570. The summed E-state index contributed by atoms with van der Waals surface area (Å²) in [6, 6.07) is 8.42. The quantitative estimate of drug-likeness (QED) is 0.556. The van der Waals surface area contributed by atoms with Crippen LogP contribution in [0.2, 0.25) is 10.0 Å². The fraction of sp³-hybridized carbons (Fsp3) is 0.200. The maximum Gasteiger partial charge on any atom is 0.127 e. The summed E-state index contributed by atoms with van der Waals surface area (Å²) in [6.45, 7) is 3.89. The maximum absolute atomic E-state index is 13.9. The monoisotopic (exact) mass is 360 g/mol. The van der Waals surface area contributed by atoms with E-state index in [1.54, 1.807) is 12.1 Å². The van der Waals surface area contributed by atoms with E-state index in [9.17, 15) is 4.39 Å². The molecule has 0 aliphatic rings. The van der Waals surface area contributed by atoms with Crippen LogP contribution in [-0.2, 0) is 0 Å². The lowest BCUT2D eigenvalue weighted by Gasteiger charge is -2.16. The van der Waals surface area contributed by atoms with Crippen LogP contribution < -0.4 is 0 Å². The molecule has 0 radical (unpaired) electrons. The average Bonchev–Trinajstić information content (AvgIpc) is 2.36. The van der Waals surface area contributed by atoms with Gasteiger partial charge in [0.05, 0.1) is 4.83 Å². The molecule has 0 saturated heterocycles. The molecule has 2 rings (SSSR count). The zero-order chi connectivity index (χ0) is 14.2. The molecule has 2 aromatic rings. The first-order chi connectivity index (χ1) is 8.90. The molecular weight excluding hydrogens is 350 g/mol. The van der Waals surface area contributed by atoms with E-state index < -0.39 is 0 Å². The minimum atomic E-state index is -0.279. The van der Waals surface area contributed by atoms with E-state index in [2.05, 4.69) is 15.9 Å². The molecule has 1 atom stereocenters. The molecule has 19 heavy (non-hydrogen) atoms. The first-order valence-corrected chi connectivity index (χ1v) is 7.43. The Morgan fingerprint density at radius 3 is 2.37 bits per heavy atom. The van der Waals surface area contributed by atoms with Crippen LogP contribution in [0.25, 0.3) is 0 Å². The van der Waals surface area contributed by atoms with Gasteiger partial charge in [0.25, 0.3) is 0 Å². The van der Waals surface area contributed by atoms with Gasteiger partial charge in [-0.25, -0.2) is 4.39 Å². The zero-order valence-electron chi connectivity index (χ0n) is 10.5. The highest BCUT2D eigenvalue weighted by atomic mass is 79.9. The van der Waals surface area contributed by atoms with Crippen molar-refractivity contribution in [2.24, 2.45) is 0 Å². The summed E-state index contributed by atoms with van der Waals surface area (Å²) in [7, 11) is 0. The van der Waals surface area contributed by atoms with E-state index in [-0.39, 0.29) is 10.6 Å². The topological polar surface area (TPSA) is 0 Å². The highest BCUT2D eigenvalue weighted by Crippen LogP contribution is 2.37. The van der Waals surface area contributed by atoms with E-state index in [4.69, 9.17) is 23.2 Å². The van der Waals surface area contributed by atoms with Crippen LogP contribution in [0.5, 0.6) is 0 Å². The molecule has 1 unspecified atom stereocenters. The normalized spacial score (nSPS) is 12.5. The van der Waals surface area contributed by atoms with Gasteiger partial charge in [-0.3, -0.25) is 0 Å². The summed E-state index contributed by atoms with van der Waals surface area (Å²) in [5.41, 5.74) is 3.49. The molecule has 4 heteroatoms. The van der Waals surface area contributed by atoms with E-state index in [1.165, 1.54) is 6.07 Å². The van der Waals surface area contributed by atoms with Crippen molar-refractivity contribution in [2.75, 3.05) is 0 Å². The number of halogens is 4. The molecule has 0 N–H and O–H groups in total. The van der Waals surface area contributed by atoms with Crippen LogP contribution >= 0.6 is 39.1 Å². The third kappa shape index (κ3) is 3.13. The second-order valence-electron chi connectivity index (χ2n) is 4.49. The third-order valence-electron chi connectivity index (χ3n) is 3.05. The smallest absolute Gasteiger partial charge is 0.127 e. The third-order valence-corrected chi connectivity index (χ3v) is 4.68. The van der Waals surface area contributed by atoms with Crippen molar-refractivity contribution in [3.05, 3.63) is 68.4 Å². The first-order valence-electron chi connectivity index (χ1n) is 5.76. The van der Waals surface area contributed by atoms with Gasteiger partial charge in [-0.2, -0.15) is 0 Å². The SMILES string of the molecule is Cc1cc(C(Br)c2cc(Cl)ccc2F)c(C)cc1Cl. The second-order valence-corrected chi connectivity index (χ2v) is 6.25. The predicted octanol–water partition coefficient (Wildman–Crippen LogP) is 6.23. The lowest BCUT2D eigenvalue weighted by atomic mass is 9.98. The summed E-state index contributed by atoms with van der Waals surface area (Å²) in [5, 5.41) is 1.23. The lowest BCUT2D eigenvalue weighted by Crippen LogP contribution is -2.00. The fourth-order valence-corrected chi connectivity index (χ4v) is 3.20. The van der Waals surface area contributed by atoms with Gasteiger partial charge in [-0.15, -0.1) is 0 Å².